The second-order valence-electron chi connectivity index (χ2n) is 7.50. The van der Waals surface area contributed by atoms with Gasteiger partial charge in [0.05, 0.1) is 18.6 Å². The summed E-state index contributed by atoms with van der Waals surface area (Å²) in [5.74, 6) is -1.30. The van der Waals surface area contributed by atoms with Crippen molar-refractivity contribution in [3.63, 3.8) is 0 Å². The minimum atomic E-state index is -0.711. The third-order valence-corrected chi connectivity index (χ3v) is 5.79. The maximum Gasteiger partial charge on any atom is 0.338 e. The fourth-order valence-electron chi connectivity index (χ4n) is 3.63. The molecule has 2 amide bonds. The molecular formula is C24H26FN3O4S. The van der Waals surface area contributed by atoms with Crippen LogP contribution in [0.4, 0.5) is 10.1 Å². The first kappa shape index (κ1) is 24.3. The Balaban J connectivity index is 1.66. The van der Waals surface area contributed by atoms with Crippen LogP contribution in [0.3, 0.4) is 0 Å². The van der Waals surface area contributed by atoms with Gasteiger partial charge in [0, 0.05) is 18.8 Å². The summed E-state index contributed by atoms with van der Waals surface area (Å²) >= 11 is 5.49. The van der Waals surface area contributed by atoms with E-state index in [1.165, 1.54) is 17.0 Å². The average molecular weight is 472 g/mol. The van der Waals surface area contributed by atoms with Crippen LogP contribution in [-0.4, -0.2) is 58.4 Å². The number of anilines is 1. The van der Waals surface area contributed by atoms with Crippen LogP contribution in [0.2, 0.25) is 0 Å². The quantitative estimate of drug-likeness (QED) is 0.446. The number of hydrogen-bond acceptors (Lipinski definition) is 5. The molecule has 0 radical (unpaired) electrons. The van der Waals surface area contributed by atoms with Crippen LogP contribution in [0.5, 0.6) is 0 Å². The Labute approximate surface area is 197 Å². The summed E-state index contributed by atoms with van der Waals surface area (Å²) in [4.78, 5) is 40.6. The number of halogens is 1. The molecule has 1 aliphatic heterocycles. The Bertz CT molecular complexity index is 1030. The zero-order valence-corrected chi connectivity index (χ0v) is 19.4. The summed E-state index contributed by atoms with van der Waals surface area (Å²) in [5.41, 5.74) is 1.80. The molecule has 3 rings (SSSR count). The fourth-order valence-corrected chi connectivity index (χ4v) is 4.07. The predicted molar refractivity (Wildman–Crippen MR) is 126 cm³/mol. The van der Waals surface area contributed by atoms with E-state index in [0.717, 1.165) is 5.56 Å². The molecule has 0 aromatic heterocycles. The number of rotatable bonds is 9. The molecule has 9 heteroatoms. The van der Waals surface area contributed by atoms with E-state index < -0.39 is 12.0 Å². The van der Waals surface area contributed by atoms with Gasteiger partial charge in [-0.3, -0.25) is 14.5 Å². The van der Waals surface area contributed by atoms with Gasteiger partial charge in [-0.15, -0.1) is 0 Å². The molecular weight excluding hydrogens is 445 g/mol. The van der Waals surface area contributed by atoms with Gasteiger partial charge in [-0.2, -0.15) is 0 Å². The molecule has 0 bridgehead atoms. The number of hydrogen-bond donors (Lipinski definition) is 1. The molecule has 7 nitrogen and oxygen atoms in total. The number of nitrogens with zero attached hydrogens (tertiary/aromatic N) is 2. The number of benzene rings is 2. The van der Waals surface area contributed by atoms with E-state index in [1.54, 1.807) is 48.2 Å². The lowest BCUT2D eigenvalue weighted by atomic mass is 10.1. The number of esters is 1. The van der Waals surface area contributed by atoms with E-state index in [4.69, 9.17) is 17.0 Å². The van der Waals surface area contributed by atoms with Crippen LogP contribution in [0.15, 0.2) is 48.5 Å². The topological polar surface area (TPSA) is 78.9 Å². The first-order chi connectivity index (χ1) is 15.8. The van der Waals surface area contributed by atoms with Gasteiger partial charge in [0.2, 0.25) is 5.91 Å². The first-order valence-corrected chi connectivity index (χ1v) is 11.2. The van der Waals surface area contributed by atoms with E-state index in [9.17, 15) is 18.8 Å². The van der Waals surface area contributed by atoms with E-state index in [0.29, 0.717) is 35.9 Å². The number of amides is 2. The van der Waals surface area contributed by atoms with Gasteiger partial charge in [-0.25, -0.2) is 9.18 Å². The third kappa shape index (κ3) is 5.92. The highest BCUT2D eigenvalue weighted by atomic mass is 32.1. The molecule has 1 N–H and O–H groups in total. The molecule has 1 atom stereocenters. The Hall–Kier alpha value is -3.33. The highest BCUT2D eigenvalue weighted by molar-refractivity contribution is 7.80. The number of carbonyl (C=O) groups is 3. The van der Waals surface area contributed by atoms with Gasteiger partial charge < -0.3 is 15.0 Å². The van der Waals surface area contributed by atoms with Crippen LogP contribution in [0.25, 0.3) is 0 Å². The van der Waals surface area contributed by atoms with Gasteiger partial charge in [-0.05, 0) is 74.4 Å². The van der Waals surface area contributed by atoms with Crippen LogP contribution < -0.4 is 5.32 Å². The van der Waals surface area contributed by atoms with E-state index >= 15 is 0 Å². The lowest BCUT2D eigenvalue weighted by Crippen LogP contribution is -2.39. The molecule has 2 aromatic carbocycles. The third-order valence-electron chi connectivity index (χ3n) is 5.33. The van der Waals surface area contributed by atoms with Crippen molar-refractivity contribution in [2.24, 2.45) is 0 Å². The smallest absolute Gasteiger partial charge is 0.338 e. The van der Waals surface area contributed by atoms with Crippen molar-refractivity contribution < 1.29 is 23.5 Å². The van der Waals surface area contributed by atoms with Gasteiger partial charge >= 0.3 is 5.97 Å². The van der Waals surface area contributed by atoms with E-state index in [1.807, 2.05) is 6.92 Å². The Morgan fingerprint density at radius 2 is 1.76 bits per heavy atom. The highest BCUT2D eigenvalue weighted by Gasteiger charge is 2.42. The number of ether oxygens (including phenoxy) is 1. The van der Waals surface area contributed by atoms with Crippen LogP contribution in [0, 0.1) is 5.82 Å². The summed E-state index contributed by atoms with van der Waals surface area (Å²) in [6.45, 7) is 4.68. The summed E-state index contributed by atoms with van der Waals surface area (Å²) in [5, 5.41) is 3.15. The van der Waals surface area contributed by atoms with E-state index in [2.05, 4.69) is 5.32 Å². The van der Waals surface area contributed by atoms with Crippen molar-refractivity contribution in [3.05, 3.63) is 65.5 Å². The van der Waals surface area contributed by atoms with Gasteiger partial charge in [0.1, 0.15) is 11.9 Å². The molecule has 1 fully saturated rings. The molecule has 1 aliphatic rings. The standard InChI is InChI=1S/C24H26FN3O4S/c1-3-27-22(30)20(28(24(27)33)14-13-16-5-9-18(25)10-6-16)15-21(29)26-19-11-7-17(8-12-19)23(31)32-4-2/h5-12,20H,3-4,13-15H2,1-2H3,(H,26,29)/t20-/m1/s1. The monoisotopic (exact) mass is 471 g/mol. The van der Waals surface area contributed by atoms with Gasteiger partial charge in [0.25, 0.3) is 5.91 Å². The van der Waals surface area contributed by atoms with Crippen molar-refractivity contribution in [1.82, 2.24) is 9.80 Å². The summed E-state index contributed by atoms with van der Waals surface area (Å²) < 4.78 is 18.1. The number of nitrogens with one attached hydrogen (secondary N) is 1. The lowest BCUT2D eigenvalue weighted by Gasteiger charge is -2.23. The fraction of sp³-hybridized carbons (Fsp3) is 0.333. The molecule has 1 heterocycles. The molecule has 174 valence electrons. The zero-order valence-electron chi connectivity index (χ0n) is 18.5. The summed E-state index contributed by atoms with van der Waals surface area (Å²) in [7, 11) is 0. The number of likely N-dealkylation sites (N-methyl/N-ethyl adjacent to an activating group) is 1. The van der Waals surface area contributed by atoms with Crippen molar-refractivity contribution in [2.75, 3.05) is 25.0 Å². The van der Waals surface area contributed by atoms with Crippen LogP contribution >= 0.6 is 12.2 Å². The largest absolute Gasteiger partial charge is 0.462 e. The number of thiocarbonyl (C=S) groups is 1. The molecule has 33 heavy (non-hydrogen) atoms. The normalized spacial score (nSPS) is 15.7. The predicted octanol–water partition coefficient (Wildman–Crippen LogP) is 3.39. The molecule has 1 saturated heterocycles. The van der Waals surface area contributed by atoms with Crippen molar-refractivity contribution >= 4 is 40.8 Å². The maximum atomic E-state index is 13.2. The second kappa shape index (κ2) is 11.0. The average Bonchev–Trinajstić information content (AvgIpc) is 3.02. The SMILES string of the molecule is CCOC(=O)c1ccc(NC(=O)C[C@@H]2C(=O)N(CC)C(=S)N2CCc2ccc(F)cc2)cc1. The van der Waals surface area contributed by atoms with Crippen molar-refractivity contribution in [3.8, 4) is 0 Å². The summed E-state index contributed by atoms with van der Waals surface area (Å²) in [6.07, 6.45) is 0.483. The minimum Gasteiger partial charge on any atom is -0.462 e. The Kier molecular flexibility index (Phi) is 8.11. The maximum absolute atomic E-state index is 13.2. The molecule has 2 aromatic rings. The Morgan fingerprint density at radius 1 is 1.09 bits per heavy atom. The van der Waals surface area contributed by atoms with Crippen molar-refractivity contribution in [1.29, 1.82) is 0 Å². The highest BCUT2D eigenvalue weighted by Crippen LogP contribution is 2.22. The van der Waals surface area contributed by atoms with Crippen LogP contribution in [0.1, 0.15) is 36.2 Å². The Morgan fingerprint density at radius 3 is 2.36 bits per heavy atom. The van der Waals surface area contributed by atoms with Gasteiger partial charge in [0.15, 0.2) is 5.11 Å². The second-order valence-corrected chi connectivity index (χ2v) is 7.87. The van der Waals surface area contributed by atoms with Crippen LogP contribution in [-0.2, 0) is 20.7 Å². The van der Waals surface area contributed by atoms with E-state index in [-0.39, 0.29) is 30.7 Å². The first-order valence-electron chi connectivity index (χ1n) is 10.8. The number of carbonyl (C=O) groups excluding carboxylic acids is 3. The molecule has 0 unspecified atom stereocenters. The molecule has 0 spiro atoms. The minimum absolute atomic E-state index is 0.0709. The molecule has 0 aliphatic carbocycles. The van der Waals surface area contributed by atoms with Gasteiger partial charge in [-0.1, -0.05) is 12.1 Å². The zero-order chi connectivity index (χ0) is 24.0. The van der Waals surface area contributed by atoms with Crippen molar-refractivity contribution in [2.45, 2.75) is 32.7 Å². The summed E-state index contributed by atoms with van der Waals surface area (Å²) in [6, 6.07) is 11.8. The molecule has 0 saturated carbocycles. The lowest BCUT2D eigenvalue weighted by molar-refractivity contribution is -0.130.